The third-order valence-electron chi connectivity index (χ3n) is 6.88. The molecule has 3 heterocycles. The van der Waals surface area contributed by atoms with Crippen molar-refractivity contribution >= 4 is 27.1 Å². The van der Waals surface area contributed by atoms with Crippen molar-refractivity contribution in [1.82, 2.24) is 14.9 Å². The van der Waals surface area contributed by atoms with Gasteiger partial charge in [-0.25, -0.2) is 18.4 Å². The van der Waals surface area contributed by atoms with Gasteiger partial charge in [0, 0.05) is 49.5 Å². The van der Waals surface area contributed by atoms with E-state index in [0.29, 0.717) is 28.4 Å². The lowest BCUT2D eigenvalue weighted by Crippen LogP contribution is -2.51. The molecule has 5 rings (SSSR count). The van der Waals surface area contributed by atoms with Crippen molar-refractivity contribution in [1.29, 1.82) is 5.41 Å². The van der Waals surface area contributed by atoms with E-state index in [1.165, 1.54) is 6.33 Å². The fourth-order valence-electron chi connectivity index (χ4n) is 4.55. The summed E-state index contributed by atoms with van der Waals surface area (Å²) >= 11 is 0. The average Bonchev–Trinajstić information content (AvgIpc) is 3.42. The van der Waals surface area contributed by atoms with Crippen molar-refractivity contribution < 1.29 is 13.2 Å². The van der Waals surface area contributed by atoms with E-state index < -0.39 is 9.84 Å². The van der Waals surface area contributed by atoms with E-state index in [0.717, 1.165) is 51.3 Å². The molecule has 3 fully saturated rings. The predicted molar refractivity (Wildman–Crippen MR) is 128 cm³/mol. The molecule has 1 aromatic heterocycles. The zero-order chi connectivity index (χ0) is 23.2. The van der Waals surface area contributed by atoms with Crippen LogP contribution in [-0.2, 0) is 9.84 Å². The number of nitrogens with two attached hydrogens (primary N) is 1. The fraction of sp³-hybridized carbons (Fsp3) is 0.522. The highest BCUT2D eigenvalue weighted by Crippen LogP contribution is 2.40. The second-order valence-corrected chi connectivity index (χ2v) is 11.7. The first kappa shape index (κ1) is 22.1. The highest BCUT2D eigenvalue weighted by atomic mass is 32.2. The van der Waals surface area contributed by atoms with Crippen molar-refractivity contribution in [2.24, 2.45) is 0 Å². The van der Waals surface area contributed by atoms with Crippen LogP contribution in [0.15, 0.2) is 30.6 Å². The maximum atomic E-state index is 11.8. The quantitative estimate of drug-likeness (QED) is 0.483. The van der Waals surface area contributed by atoms with Gasteiger partial charge in [0.1, 0.15) is 23.5 Å². The smallest absolute Gasteiger partial charge is 0.151 e. The predicted octanol–water partition coefficient (Wildman–Crippen LogP) is 1.72. The van der Waals surface area contributed by atoms with Crippen LogP contribution in [0.5, 0.6) is 5.75 Å². The van der Waals surface area contributed by atoms with Crippen LogP contribution < -0.4 is 15.4 Å². The normalized spacial score (nSPS) is 23.9. The summed E-state index contributed by atoms with van der Waals surface area (Å²) in [7, 11) is -2.88. The van der Waals surface area contributed by atoms with Gasteiger partial charge in [-0.15, -0.1) is 0 Å². The Labute approximate surface area is 194 Å². The second-order valence-electron chi connectivity index (χ2n) is 9.52. The van der Waals surface area contributed by atoms with Crippen LogP contribution in [-0.4, -0.2) is 78.3 Å². The molecule has 3 N–H and O–H groups in total. The van der Waals surface area contributed by atoms with Crippen molar-refractivity contribution in [3.63, 3.8) is 0 Å². The van der Waals surface area contributed by atoms with Gasteiger partial charge in [-0.3, -0.25) is 10.3 Å². The number of hydrogen-bond donors (Lipinski definition) is 2. The van der Waals surface area contributed by atoms with Gasteiger partial charge in [0.05, 0.1) is 22.9 Å². The molecule has 176 valence electrons. The Bertz CT molecular complexity index is 1170. The van der Waals surface area contributed by atoms with E-state index in [2.05, 4.69) is 26.7 Å². The molecule has 0 spiro atoms. The molecular formula is C23H30N6O3S. The first-order valence-corrected chi connectivity index (χ1v) is 13.2. The number of rotatable bonds is 6. The van der Waals surface area contributed by atoms with Crippen LogP contribution in [0.2, 0.25) is 0 Å². The van der Waals surface area contributed by atoms with Crippen LogP contribution in [0.1, 0.15) is 37.4 Å². The minimum Gasteiger partial charge on any atom is -0.488 e. The fourth-order valence-corrected chi connectivity index (χ4v) is 6.31. The maximum Gasteiger partial charge on any atom is 0.151 e. The molecular weight excluding hydrogens is 440 g/mol. The molecule has 0 amide bonds. The van der Waals surface area contributed by atoms with Gasteiger partial charge in [0.25, 0.3) is 0 Å². The van der Waals surface area contributed by atoms with Crippen LogP contribution in [0.4, 0.5) is 11.5 Å². The molecule has 1 aliphatic carbocycles. The minimum absolute atomic E-state index is 0.109. The molecule has 2 aliphatic heterocycles. The molecule has 3 aliphatic rings. The second kappa shape index (κ2) is 8.25. The maximum absolute atomic E-state index is 11.8. The van der Waals surface area contributed by atoms with Crippen LogP contribution in [0.3, 0.4) is 0 Å². The lowest BCUT2D eigenvalue weighted by Gasteiger charge is -2.38. The Balaban J connectivity index is 1.28. The number of anilines is 2. The number of ether oxygens (including phenoxy) is 1. The van der Waals surface area contributed by atoms with E-state index in [1.807, 2.05) is 18.2 Å². The van der Waals surface area contributed by atoms with Crippen molar-refractivity contribution in [2.75, 3.05) is 48.3 Å². The van der Waals surface area contributed by atoms with Gasteiger partial charge in [0.15, 0.2) is 9.84 Å². The first-order valence-electron chi connectivity index (χ1n) is 11.4. The van der Waals surface area contributed by atoms with Crippen LogP contribution in [0, 0.1) is 5.41 Å². The molecule has 33 heavy (non-hydrogen) atoms. The zero-order valence-electron chi connectivity index (χ0n) is 18.8. The average molecular weight is 471 g/mol. The molecule has 2 saturated heterocycles. The summed E-state index contributed by atoms with van der Waals surface area (Å²) in [6.45, 7) is 5.18. The number of aromatic nitrogens is 2. The van der Waals surface area contributed by atoms with Gasteiger partial charge < -0.3 is 15.4 Å². The summed E-state index contributed by atoms with van der Waals surface area (Å²) in [4.78, 5) is 13.2. The number of sulfone groups is 1. The third kappa shape index (κ3) is 4.81. The van der Waals surface area contributed by atoms with E-state index in [9.17, 15) is 8.42 Å². The lowest BCUT2D eigenvalue weighted by molar-refractivity contribution is 0.200. The SMILES string of the molecule is CC1(Oc2ccc(N)c(C(=N)c3cc(N4CCN(C5CCS(=O)(=O)C5)CC4)ncn3)c2)CC1. The van der Waals surface area contributed by atoms with E-state index in [-0.39, 0.29) is 23.1 Å². The van der Waals surface area contributed by atoms with E-state index >= 15 is 0 Å². The van der Waals surface area contributed by atoms with E-state index in [1.54, 1.807) is 6.07 Å². The Morgan fingerprint density at radius 1 is 1.18 bits per heavy atom. The minimum atomic E-state index is -2.88. The Kier molecular flexibility index (Phi) is 5.52. The number of benzene rings is 1. The molecule has 1 aromatic carbocycles. The van der Waals surface area contributed by atoms with Crippen molar-refractivity contribution in [3.05, 3.63) is 41.9 Å². The molecule has 0 bridgehead atoms. The lowest BCUT2D eigenvalue weighted by atomic mass is 10.0. The summed E-state index contributed by atoms with van der Waals surface area (Å²) in [6.07, 6.45) is 4.27. The zero-order valence-corrected chi connectivity index (χ0v) is 19.6. The Morgan fingerprint density at radius 2 is 1.94 bits per heavy atom. The van der Waals surface area contributed by atoms with Crippen molar-refractivity contribution in [3.8, 4) is 5.75 Å². The van der Waals surface area contributed by atoms with Gasteiger partial charge >= 0.3 is 0 Å². The summed E-state index contributed by atoms with van der Waals surface area (Å²) in [6, 6.07) is 7.39. The van der Waals surface area contributed by atoms with Crippen LogP contribution in [0.25, 0.3) is 0 Å². The third-order valence-corrected chi connectivity index (χ3v) is 8.63. The van der Waals surface area contributed by atoms with Gasteiger partial charge in [-0.2, -0.15) is 0 Å². The molecule has 1 unspecified atom stereocenters. The molecule has 1 saturated carbocycles. The number of hydrogen-bond acceptors (Lipinski definition) is 9. The van der Waals surface area contributed by atoms with Crippen LogP contribution >= 0.6 is 0 Å². The van der Waals surface area contributed by atoms with E-state index in [4.69, 9.17) is 15.9 Å². The van der Waals surface area contributed by atoms with Crippen molar-refractivity contribution in [2.45, 2.75) is 37.8 Å². The molecule has 9 nitrogen and oxygen atoms in total. The number of nitrogens with zero attached hydrogens (tertiary/aromatic N) is 4. The summed E-state index contributed by atoms with van der Waals surface area (Å²) in [5.41, 5.74) is 7.91. The largest absolute Gasteiger partial charge is 0.488 e. The monoisotopic (exact) mass is 470 g/mol. The number of piperazine rings is 1. The summed E-state index contributed by atoms with van der Waals surface area (Å²) in [5.74, 6) is 2.04. The molecule has 2 aromatic rings. The molecule has 1 atom stereocenters. The highest BCUT2D eigenvalue weighted by Gasteiger charge is 2.40. The van der Waals surface area contributed by atoms with Gasteiger partial charge in [-0.1, -0.05) is 0 Å². The van der Waals surface area contributed by atoms with Gasteiger partial charge in [-0.05, 0) is 44.4 Å². The highest BCUT2D eigenvalue weighted by molar-refractivity contribution is 7.91. The summed E-state index contributed by atoms with van der Waals surface area (Å²) < 4.78 is 29.7. The molecule has 0 radical (unpaired) electrons. The Hall–Kier alpha value is -2.72. The van der Waals surface area contributed by atoms with Gasteiger partial charge in [0.2, 0.25) is 0 Å². The Morgan fingerprint density at radius 3 is 2.61 bits per heavy atom. The number of nitrogen functional groups attached to an aromatic ring is 1. The standard InChI is InChI=1S/C23H30N6O3S/c1-23(5-6-23)32-17-2-3-19(24)18(12-17)22(25)20-13-21(27-15-26-20)29-9-7-28(8-10-29)16-4-11-33(30,31)14-16/h2-3,12-13,15-16,25H,4-11,14,24H2,1H3. The topological polar surface area (TPSA) is 126 Å². The summed E-state index contributed by atoms with van der Waals surface area (Å²) in [5, 5.41) is 8.74. The number of nitrogens with one attached hydrogen (secondary N) is 1. The first-order chi connectivity index (χ1) is 15.7. The molecule has 10 heteroatoms.